The number of benzene rings is 2. The maximum Gasteiger partial charge on any atom is 0.170 e. The van der Waals surface area contributed by atoms with Gasteiger partial charge in [-0.25, -0.2) is 4.39 Å². The van der Waals surface area contributed by atoms with Crippen LogP contribution < -0.4 is 0 Å². The van der Waals surface area contributed by atoms with E-state index in [0.717, 1.165) is 5.56 Å². The molecular weight excluding hydrogens is 265 g/mol. The number of halogens is 1. The van der Waals surface area contributed by atoms with Crippen molar-refractivity contribution in [3.05, 3.63) is 77.9 Å². The summed E-state index contributed by atoms with van der Waals surface area (Å²) in [6.45, 7) is 1.86. The first-order valence-corrected chi connectivity index (χ1v) is 6.80. The lowest BCUT2D eigenvalue weighted by atomic mass is 9.90. The van der Waals surface area contributed by atoms with Crippen molar-refractivity contribution in [2.75, 3.05) is 0 Å². The Balaban J connectivity index is 2.09. The van der Waals surface area contributed by atoms with Crippen LogP contribution in [-0.4, -0.2) is 10.8 Å². The Morgan fingerprint density at radius 2 is 1.67 bits per heavy atom. The summed E-state index contributed by atoms with van der Waals surface area (Å²) in [5, 5.41) is 1.13. The van der Waals surface area contributed by atoms with Crippen LogP contribution in [0.25, 0.3) is 10.8 Å². The fraction of sp³-hybridized carbons (Fsp3) is 0.111. The van der Waals surface area contributed by atoms with E-state index in [0.29, 0.717) is 16.3 Å². The summed E-state index contributed by atoms with van der Waals surface area (Å²) >= 11 is 0. The number of rotatable bonds is 3. The molecule has 0 amide bonds. The fourth-order valence-corrected chi connectivity index (χ4v) is 2.51. The molecule has 1 unspecified atom stereocenters. The third-order valence-corrected chi connectivity index (χ3v) is 3.74. The molecule has 0 bridgehead atoms. The van der Waals surface area contributed by atoms with Crippen molar-refractivity contribution in [2.24, 2.45) is 0 Å². The van der Waals surface area contributed by atoms with Crippen molar-refractivity contribution < 1.29 is 9.18 Å². The van der Waals surface area contributed by atoms with E-state index >= 15 is 0 Å². The largest absolute Gasteiger partial charge is 0.293 e. The number of aromatic nitrogens is 1. The SMILES string of the molecule is CC(C(=O)c1ccc(F)c2ccccc12)c1ccncc1. The maximum atomic E-state index is 13.8. The lowest BCUT2D eigenvalue weighted by Crippen LogP contribution is -2.10. The topological polar surface area (TPSA) is 30.0 Å². The van der Waals surface area contributed by atoms with Gasteiger partial charge < -0.3 is 0 Å². The summed E-state index contributed by atoms with van der Waals surface area (Å²) in [5.74, 6) is -0.613. The molecule has 2 nitrogen and oxygen atoms in total. The zero-order chi connectivity index (χ0) is 14.8. The van der Waals surface area contributed by atoms with Gasteiger partial charge in [0.15, 0.2) is 5.78 Å². The van der Waals surface area contributed by atoms with Crippen LogP contribution in [0.5, 0.6) is 0 Å². The molecule has 3 rings (SSSR count). The van der Waals surface area contributed by atoms with Gasteiger partial charge in [-0.3, -0.25) is 9.78 Å². The van der Waals surface area contributed by atoms with Crippen molar-refractivity contribution in [3.63, 3.8) is 0 Å². The highest BCUT2D eigenvalue weighted by molar-refractivity contribution is 6.10. The third-order valence-electron chi connectivity index (χ3n) is 3.74. The van der Waals surface area contributed by atoms with Gasteiger partial charge in [0, 0.05) is 29.3 Å². The van der Waals surface area contributed by atoms with Crippen molar-refractivity contribution >= 4 is 16.6 Å². The van der Waals surface area contributed by atoms with Crippen LogP contribution in [0.15, 0.2) is 60.9 Å². The number of hydrogen-bond donors (Lipinski definition) is 0. The number of carbonyl (C=O) groups is 1. The van der Waals surface area contributed by atoms with Crippen LogP contribution >= 0.6 is 0 Å². The Hall–Kier alpha value is -2.55. The molecule has 0 radical (unpaired) electrons. The van der Waals surface area contributed by atoms with E-state index in [1.165, 1.54) is 6.07 Å². The first-order chi connectivity index (χ1) is 10.2. The lowest BCUT2D eigenvalue weighted by Gasteiger charge is -2.13. The Labute approximate surface area is 122 Å². The van der Waals surface area contributed by atoms with Gasteiger partial charge in [0.05, 0.1) is 0 Å². The van der Waals surface area contributed by atoms with E-state index in [1.54, 1.807) is 36.7 Å². The molecule has 3 aromatic rings. The molecule has 2 aromatic carbocycles. The van der Waals surface area contributed by atoms with Crippen LogP contribution in [0.4, 0.5) is 4.39 Å². The molecule has 0 N–H and O–H groups in total. The van der Waals surface area contributed by atoms with Crippen molar-refractivity contribution in [1.82, 2.24) is 4.98 Å². The number of fused-ring (bicyclic) bond motifs is 1. The Bertz CT molecular complexity index is 799. The molecule has 0 aliphatic heterocycles. The lowest BCUT2D eigenvalue weighted by molar-refractivity contribution is 0.0967. The minimum atomic E-state index is -0.307. The molecule has 104 valence electrons. The summed E-state index contributed by atoms with van der Waals surface area (Å²) in [6.07, 6.45) is 3.34. The Kier molecular flexibility index (Phi) is 3.48. The molecule has 0 fully saturated rings. The predicted octanol–water partition coefficient (Wildman–Crippen LogP) is 4.36. The summed E-state index contributed by atoms with van der Waals surface area (Å²) in [6, 6.07) is 13.6. The second kappa shape index (κ2) is 5.44. The van der Waals surface area contributed by atoms with Crippen molar-refractivity contribution in [1.29, 1.82) is 0 Å². The number of pyridine rings is 1. The van der Waals surface area contributed by atoms with Crippen LogP contribution in [0.1, 0.15) is 28.8 Å². The van der Waals surface area contributed by atoms with E-state index in [4.69, 9.17) is 0 Å². The van der Waals surface area contributed by atoms with E-state index in [2.05, 4.69) is 4.98 Å². The van der Waals surface area contributed by atoms with Crippen LogP contribution in [0.2, 0.25) is 0 Å². The number of ketones is 1. The van der Waals surface area contributed by atoms with Gasteiger partial charge >= 0.3 is 0 Å². The van der Waals surface area contributed by atoms with Gasteiger partial charge in [-0.2, -0.15) is 0 Å². The number of Topliss-reactive ketones (excluding diaryl/α,β-unsaturated/α-hetero) is 1. The summed E-state index contributed by atoms with van der Waals surface area (Å²) in [7, 11) is 0. The average molecular weight is 279 g/mol. The van der Waals surface area contributed by atoms with Gasteiger partial charge in [-0.05, 0) is 35.2 Å². The van der Waals surface area contributed by atoms with Gasteiger partial charge in [-0.15, -0.1) is 0 Å². The summed E-state index contributed by atoms with van der Waals surface area (Å²) in [4.78, 5) is 16.7. The highest BCUT2D eigenvalue weighted by atomic mass is 19.1. The quantitative estimate of drug-likeness (QED) is 0.667. The molecule has 0 saturated heterocycles. The van der Waals surface area contributed by atoms with Gasteiger partial charge in [-0.1, -0.05) is 31.2 Å². The number of hydrogen-bond acceptors (Lipinski definition) is 2. The van der Waals surface area contributed by atoms with E-state index in [-0.39, 0.29) is 17.5 Å². The van der Waals surface area contributed by atoms with Gasteiger partial charge in [0.2, 0.25) is 0 Å². The molecule has 1 aromatic heterocycles. The van der Waals surface area contributed by atoms with E-state index < -0.39 is 0 Å². The van der Waals surface area contributed by atoms with Gasteiger partial charge in [0.1, 0.15) is 5.82 Å². The highest BCUT2D eigenvalue weighted by Gasteiger charge is 2.19. The van der Waals surface area contributed by atoms with Gasteiger partial charge in [0.25, 0.3) is 0 Å². The van der Waals surface area contributed by atoms with Crippen LogP contribution in [0, 0.1) is 5.82 Å². The molecule has 0 saturated carbocycles. The van der Waals surface area contributed by atoms with Crippen LogP contribution in [0.3, 0.4) is 0 Å². The standard InChI is InChI=1S/C18H14FNO/c1-12(13-8-10-20-11-9-13)18(21)16-6-7-17(19)15-5-3-2-4-14(15)16/h2-12H,1H3. The van der Waals surface area contributed by atoms with Crippen molar-refractivity contribution in [3.8, 4) is 0 Å². The smallest absolute Gasteiger partial charge is 0.170 e. The van der Waals surface area contributed by atoms with E-state index in [9.17, 15) is 9.18 Å². The van der Waals surface area contributed by atoms with Crippen molar-refractivity contribution in [2.45, 2.75) is 12.8 Å². The molecule has 3 heteroatoms. The molecular formula is C18H14FNO. The third kappa shape index (κ3) is 2.42. The minimum absolute atomic E-state index is 0.0163. The minimum Gasteiger partial charge on any atom is -0.293 e. The normalized spacial score (nSPS) is 12.3. The zero-order valence-corrected chi connectivity index (χ0v) is 11.6. The number of nitrogens with zero attached hydrogens (tertiary/aromatic N) is 1. The summed E-state index contributed by atoms with van der Waals surface area (Å²) in [5.41, 5.74) is 1.46. The highest BCUT2D eigenvalue weighted by Crippen LogP contribution is 2.27. The Morgan fingerprint density at radius 3 is 2.38 bits per heavy atom. The first-order valence-electron chi connectivity index (χ1n) is 6.80. The number of carbonyl (C=O) groups excluding carboxylic acids is 1. The zero-order valence-electron chi connectivity index (χ0n) is 11.6. The molecule has 1 heterocycles. The fourth-order valence-electron chi connectivity index (χ4n) is 2.51. The summed E-state index contributed by atoms with van der Waals surface area (Å²) < 4.78 is 13.8. The molecule has 0 aliphatic carbocycles. The second-order valence-corrected chi connectivity index (χ2v) is 5.01. The van der Waals surface area contributed by atoms with Crippen LogP contribution in [-0.2, 0) is 0 Å². The van der Waals surface area contributed by atoms with E-state index in [1.807, 2.05) is 25.1 Å². The second-order valence-electron chi connectivity index (χ2n) is 5.01. The predicted molar refractivity (Wildman–Crippen MR) is 80.9 cm³/mol. The monoisotopic (exact) mass is 279 g/mol. The molecule has 1 atom stereocenters. The molecule has 0 aliphatic rings. The first kappa shape index (κ1) is 13.4. The average Bonchev–Trinajstić information content (AvgIpc) is 2.55. The molecule has 21 heavy (non-hydrogen) atoms. The Morgan fingerprint density at radius 1 is 1.00 bits per heavy atom. The molecule has 0 spiro atoms. The maximum absolute atomic E-state index is 13.8.